The number of nitrogens with zero attached hydrogens (tertiary/aromatic N) is 3. The minimum absolute atomic E-state index is 0.764. The van der Waals surface area contributed by atoms with Crippen LogP contribution in [0.2, 0.25) is 0 Å². The second-order valence-electron chi connectivity index (χ2n) is 2.09. The van der Waals surface area contributed by atoms with Gasteiger partial charge in [0.1, 0.15) is 18.7 Å². The molecule has 1 rings (SSSR count). The molecule has 0 N–H and O–H groups in total. The molecule has 0 aliphatic rings. The second-order valence-corrected chi connectivity index (χ2v) is 2.09. The molecule has 1 aromatic heterocycles. The zero-order valence-corrected chi connectivity index (χ0v) is 5.71. The first-order valence-corrected chi connectivity index (χ1v) is 2.92. The van der Waals surface area contributed by atoms with E-state index in [0.717, 1.165) is 24.3 Å². The van der Waals surface area contributed by atoms with Crippen molar-refractivity contribution < 1.29 is 13.2 Å². The second kappa shape index (κ2) is 2.52. The zero-order chi connectivity index (χ0) is 8.48. The summed E-state index contributed by atoms with van der Waals surface area (Å²) in [6, 6.07) is -1.61. The van der Waals surface area contributed by atoms with Crippen LogP contribution < -0.4 is 0 Å². The van der Waals surface area contributed by atoms with Crippen LogP contribution in [0.3, 0.4) is 0 Å². The molecule has 0 saturated carbocycles. The molecule has 0 aromatic carbocycles. The molecule has 0 spiro atoms. The molecule has 0 amide bonds. The quantitative estimate of drug-likeness (QED) is 0.629. The lowest BCUT2D eigenvalue weighted by Gasteiger charge is -2.14. The average Bonchev–Trinajstić information content (AvgIpc) is 2.34. The van der Waals surface area contributed by atoms with Gasteiger partial charge in [0.2, 0.25) is 0 Å². The van der Waals surface area contributed by atoms with Gasteiger partial charge in [-0.25, -0.2) is 9.67 Å². The molecular formula is C5H6F3N3. The van der Waals surface area contributed by atoms with E-state index in [0.29, 0.717) is 0 Å². The highest BCUT2D eigenvalue weighted by Gasteiger charge is 2.37. The maximum atomic E-state index is 11.9. The molecule has 3 nitrogen and oxygen atoms in total. The summed E-state index contributed by atoms with van der Waals surface area (Å²) in [5, 5.41) is 3.37. The fraction of sp³-hybridized carbons (Fsp3) is 0.600. The number of hydrogen-bond acceptors (Lipinski definition) is 2. The molecule has 6 heteroatoms. The number of rotatable bonds is 1. The Morgan fingerprint density at radius 1 is 1.45 bits per heavy atom. The van der Waals surface area contributed by atoms with Crippen molar-refractivity contribution in [1.29, 1.82) is 0 Å². The standard InChI is InChI=1S/C5H6F3N3/c1-4(5(6,7)8)11-3-9-2-10-11/h2-4H,1H3/t4-/m1/s1. The number of aromatic nitrogens is 3. The Kier molecular flexibility index (Phi) is 1.84. The lowest BCUT2D eigenvalue weighted by molar-refractivity contribution is -0.165. The number of alkyl halides is 3. The lowest BCUT2D eigenvalue weighted by atomic mass is 10.3. The molecule has 0 bridgehead atoms. The molecule has 11 heavy (non-hydrogen) atoms. The third-order valence-corrected chi connectivity index (χ3v) is 1.31. The van der Waals surface area contributed by atoms with Crippen LogP contribution in [0.4, 0.5) is 13.2 Å². The zero-order valence-electron chi connectivity index (χ0n) is 5.71. The highest BCUT2D eigenvalue weighted by Crippen LogP contribution is 2.28. The van der Waals surface area contributed by atoms with Crippen LogP contribution in [0.1, 0.15) is 13.0 Å². The first-order valence-electron chi connectivity index (χ1n) is 2.92. The van der Waals surface area contributed by atoms with Crippen LogP contribution in [0.25, 0.3) is 0 Å². The topological polar surface area (TPSA) is 30.7 Å². The molecule has 0 saturated heterocycles. The van der Waals surface area contributed by atoms with Crippen molar-refractivity contribution in [3.8, 4) is 0 Å². The lowest BCUT2D eigenvalue weighted by Crippen LogP contribution is -2.23. The van der Waals surface area contributed by atoms with Gasteiger partial charge in [0.15, 0.2) is 0 Å². The van der Waals surface area contributed by atoms with E-state index in [2.05, 4.69) is 10.1 Å². The fourth-order valence-corrected chi connectivity index (χ4v) is 0.567. The van der Waals surface area contributed by atoms with E-state index in [1.807, 2.05) is 0 Å². The molecule has 1 atom stereocenters. The van der Waals surface area contributed by atoms with E-state index in [1.54, 1.807) is 0 Å². The van der Waals surface area contributed by atoms with Crippen LogP contribution in [0.5, 0.6) is 0 Å². The Hall–Kier alpha value is -1.07. The predicted octanol–water partition coefficient (Wildman–Crippen LogP) is 1.40. The Morgan fingerprint density at radius 3 is 2.45 bits per heavy atom. The fourth-order valence-electron chi connectivity index (χ4n) is 0.567. The summed E-state index contributed by atoms with van der Waals surface area (Å²) < 4.78 is 36.5. The summed E-state index contributed by atoms with van der Waals surface area (Å²) in [4.78, 5) is 3.41. The van der Waals surface area contributed by atoms with Crippen molar-refractivity contribution in [2.24, 2.45) is 0 Å². The van der Waals surface area contributed by atoms with Gasteiger partial charge in [-0.15, -0.1) is 0 Å². The molecule has 0 radical (unpaired) electrons. The number of halogens is 3. The van der Waals surface area contributed by atoms with Gasteiger partial charge in [-0.05, 0) is 6.92 Å². The van der Waals surface area contributed by atoms with Gasteiger partial charge in [-0.3, -0.25) is 0 Å². The maximum absolute atomic E-state index is 11.9. The Labute approximate surface area is 60.8 Å². The molecule has 62 valence electrons. The molecule has 0 aliphatic carbocycles. The number of hydrogen-bond donors (Lipinski definition) is 0. The van der Waals surface area contributed by atoms with Crippen molar-refractivity contribution in [2.75, 3.05) is 0 Å². The third-order valence-electron chi connectivity index (χ3n) is 1.31. The summed E-state index contributed by atoms with van der Waals surface area (Å²) in [5.41, 5.74) is 0. The Balaban J connectivity index is 2.78. The largest absolute Gasteiger partial charge is 0.410 e. The average molecular weight is 165 g/mol. The minimum atomic E-state index is -4.26. The van der Waals surface area contributed by atoms with Crippen molar-refractivity contribution in [3.63, 3.8) is 0 Å². The predicted molar refractivity (Wildman–Crippen MR) is 30.8 cm³/mol. The van der Waals surface area contributed by atoms with Gasteiger partial charge in [-0.2, -0.15) is 18.3 Å². The molecule has 1 aromatic rings. The molecule has 0 unspecified atom stereocenters. The summed E-state index contributed by atoms with van der Waals surface area (Å²) in [6.07, 6.45) is -2.14. The van der Waals surface area contributed by atoms with Crippen LogP contribution in [0.15, 0.2) is 12.7 Å². The van der Waals surface area contributed by atoms with Crippen molar-refractivity contribution in [2.45, 2.75) is 19.1 Å². The Morgan fingerprint density at radius 2 is 2.09 bits per heavy atom. The smallest absolute Gasteiger partial charge is 0.241 e. The van der Waals surface area contributed by atoms with Gasteiger partial charge < -0.3 is 0 Å². The molecule has 0 fully saturated rings. The highest BCUT2D eigenvalue weighted by atomic mass is 19.4. The first kappa shape index (κ1) is 8.03. The van der Waals surface area contributed by atoms with Gasteiger partial charge in [0.05, 0.1) is 0 Å². The third kappa shape index (κ3) is 1.69. The monoisotopic (exact) mass is 165 g/mol. The maximum Gasteiger partial charge on any atom is 0.410 e. The van der Waals surface area contributed by atoms with E-state index < -0.39 is 12.2 Å². The van der Waals surface area contributed by atoms with Crippen LogP contribution in [-0.4, -0.2) is 20.9 Å². The van der Waals surface area contributed by atoms with Crippen molar-refractivity contribution in [1.82, 2.24) is 14.8 Å². The minimum Gasteiger partial charge on any atom is -0.241 e. The van der Waals surface area contributed by atoms with Gasteiger partial charge in [0.25, 0.3) is 0 Å². The SMILES string of the molecule is C[C@@H](n1cncn1)C(F)(F)F. The van der Waals surface area contributed by atoms with Crippen LogP contribution in [0, 0.1) is 0 Å². The van der Waals surface area contributed by atoms with E-state index in [1.165, 1.54) is 0 Å². The van der Waals surface area contributed by atoms with Gasteiger partial charge in [0, 0.05) is 0 Å². The van der Waals surface area contributed by atoms with Crippen LogP contribution >= 0.6 is 0 Å². The van der Waals surface area contributed by atoms with E-state index in [4.69, 9.17) is 0 Å². The van der Waals surface area contributed by atoms with Crippen molar-refractivity contribution in [3.05, 3.63) is 12.7 Å². The van der Waals surface area contributed by atoms with E-state index in [-0.39, 0.29) is 0 Å². The van der Waals surface area contributed by atoms with E-state index >= 15 is 0 Å². The van der Waals surface area contributed by atoms with E-state index in [9.17, 15) is 13.2 Å². The first-order chi connectivity index (χ1) is 5.02. The summed E-state index contributed by atoms with van der Waals surface area (Å²) in [6.45, 7) is 1.02. The normalized spacial score (nSPS) is 14.9. The van der Waals surface area contributed by atoms with Gasteiger partial charge >= 0.3 is 6.18 Å². The van der Waals surface area contributed by atoms with Crippen LogP contribution in [-0.2, 0) is 0 Å². The summed E-state index contributed by atoms with van der Waals surface area (Å²) in [5.74, 6) is 0. The van der Waals surface area contributed by atoms with Gasteiger partial charge in [-0.1, -0.05) is 0 Å². The molecule has 0 aliphatic heterocycles. The highest BCUT2D eigenvalue weighted by molar-refractivity contribution is 4.70. The van der Waals surface area contributed by atoms with Crippen molar-refractivity contribution >= 4 is 0 Å². The molecule has 1 heterocycles. The summed E-state index contributed by atoms with van der Waals surface area (Å²) in [7, 11) is 0. The Bertz CT molecular complexity index is 215. The molecular weight excluding hydrogens is 159 g/mol. The summed E-state index contributed by atoms with van der Waals surface area (Å²) >= 11 is 0.